The number of rotatable bonds is 6. The first-order valence-electron chi connectivity index (χ1n) is 8.45. The molecular weight excluding hydrogens is 392 g/mol. The van der Waals surface area contributed by atoms with E-state index in [0.717, 1.165) is 23.3 Å². The number of benzene rings is 1. The molecule has 1 N–H and O–H groups in total. The van der Waals surface area contributed by atoms with E-state index < -0.39 is 20.0 Å². The van der Waals surface area contributed by atoms with Crippen LogP contribution < -0.4 is 9.03 Å². The van der Waals surface area contributed by atoms with Gasteiger partial charge in [-0.15, -0.1) is 11.3 Å². The highest BCUT2D eigenvalue weighted by molar-refractivity contribution is 7.94. The Hall–Kier alpha value is -1.58. The average molecular weight is 415 g/mol. The van der Waals surface area contributed by atoms with Gasteiger partial charge in [-0.05, 0) is 56.0 Å². The molecule has 2 aromatic rings. The summed E-state index contributed by atoms with van der Waals surface area (Å²) in [6.07, 6.45) is 2.08. The highest BCUT2D eigenvalue weighted by Gasteiger charge is 2.27. The molecule has 0 bridgehead atoms. The summed E-state index contributed by atoms with van der Waals surface area (Å²) < 4.78 is 54.4. The van der Waals surface area contributed by atoms with Crippen LogP contribution in [0.3, 0.4) is 0 Å². The average Bonchev–Trinajstić information content (AvgIpc) is 3.01. The van der Waals surface area contributed by atoms with Crippen LogP contribution in [0.4, 0.5) is 11.4 Å². The summed E-state index contributed by atoms with van der Waals surface area (Å²) >= 11 is 1.20. The first-order valence-corrected chi connectivity index (χ1v) is 12.4. The zero-order valence-corrected chi connectivity index (χ0v) is 17.2. The molecule has 0 saturated heterocycles. The fraction of sp³-hybridized carbons (Fsp3) is 0.412. The molecule has 3 rings (SSSR count). The fourth-order valence-electron chi connectivity index (χ4n) is 3.02. The zero-order chi connectivity index (χ0) is 18.9. The van der Waals surface area contributed by atoms with E-state index >= 15 is 0 Å². The van der Waals surface area contributed by atoms with Crippen LogP contribution in [0.15, 0.2) is 34.5 Å². The minimum atomic E-state index is -3.68. The third kappa shape index (κ3) is 3.89. The van der Waals surface area contributed by atoms with Crippen molar-refractivity contribution in [2.24, 2.45) is 0 Å². The van der Waals surface area contributed by atoms with Crippen molar-refractivity contribution in [3.63, 3.8) is 0 Å². The number of aryl methyl sites for hydroxylation is 2. The largest absolute Gasteiger partial charge is 0.279 e. The maximum Gasteiger partial charge on any atom is 0.271 e. The summed E-state index contributed by atoms with van der Waals surface area (Å²) in [6, 6.07) is 8.44. The van der Waals surface area contributed by atoms with Gasteiger partial charge in [-0.1, -0.05) is 13.0 Å². The van der Waals surface area contributed by atoms with E-state index in [2.05, 4.69) is 4.72 Å². The van der Waals surface area contributed by atoms with Gasteiger partial charge in [-0.3, -0.25) is 9.03 Å². The van der Waals surface area contributed by atoms with Crippen LogP contribution in [0.25, 0.3) is 0 Å². The number of sulfonamides is 2. The predicted octanol–water partition coefficient (Wildman–Crippen LogP) is 3.35. The van der Waals surface area contributed by atoms with Crippen molar-refractivity contribution in [3.8, 4) is 0 Å². The lowest BCUT2D eigenvalue weighted by atomic mass is 10.0. The van der Waals surface area contributed by atoms with Crippen molar-refractivity contribution in [2.75, 3.05) is 21.3 Å². The number of hydrogen-bond donors (Lipinski definition) is 1. The second-order valence-corrected chi connectivity index (χ2v) is 11.5. The highest BCUT2D eigenvalue weighted by Crippen LogP contribution is 2.33. The summed E-state index contributed by atoms with van der Waals surface area (Å²) in [5, 5.41) is 0. The monoisotopic (exact) mass is 414 g/mol. The zero-order valence-electron chi connectivity index (χ0n) is 14.7. The standard InChI is InChI=1S/C17H22N2O4S3/c1-3-11-25(20,21)19-10-4-5-14-7-8-15(12-16(14)19)18-26(22,23)17-9-6-13(2)24-17/h6-9,12,18H,3-5,10-11H2,1-2H3. The molecule has 6 nitrogen and oxygen atoms in total. The van der Waals surface area contributed by atoms with E-state index in [0.29, 0.717) is 24.3 Å². The summed E-state index contributed by atoms with van der Waals surface area (Å²) in [4.78, 5) is 0.910. The molecule has 0 aliphatic carbocycles. The Labute approximate surface area is 159 Å². The maximum atomic E-state index is 12.6. The fourth-order valence-corrected chi connectivity index (χ4v) is 6.97. The van der Waals surface area contributed by atoms with Crippen LogP contribution in [-0.4, -0.2) is 29.1 Å². The Balaban J connectivity index is 1.95. The molecule has 1 aliphatic rings. The van der Waals surface area contributed by atoms with Crippen molar-refractivity contribution in [3.05, 3.63) is 40.8 Å². The summed E-state index contributed by atoms with van der Waals surface area (Å²) in [5.74, 6) is 0.0802. The van der Waals surface area contributed by atoms with Crippen LogP contribution in [0.1, 0.15) is 30.2 Å². The third-order valence-corrected chi connectivity index (χ3v) is 9.04. The first kappa shape index (κ1) is 19.2. The van der Waals surface area contributed by atoms with Crippen LogP contribution in [0, 0.1) is 6.92 Å². The Bertz CT molecular complexity index is 1010. The van der Waals surface area contributed by atoms with Gasteiger partial charge < -0.3 is 0 Å². The number of nitrogens with zero attached hydrogens (tertiary/aromatic N) is 1. The molecule has 142 valence electrons. The lowest BCUT2D eigenvalue weighted by molar-refractivity contribution is 0.585. The molecule has 9 heteroatoms. The van der Waals surface area contributed by atoms with E-state index in [1.54, 1.807) is 30.3 Å². The molecule has 1 aromatic carbocycles. The van der Waals surface area contributed by atoms with E-state index in [1.807, 2.05) is 13.8 Å². The lowest BCUT2D eigenvalue weighted by Crippen LogP contribution is -2.37. The molecule has 0 saturated carbocycles. The normalized spacial score (nSPS) is 14.9. The van der Waals surface area contributed by atoms with Gasteiger partial charge in [0.2, 0.25) is 10.0 Å². The van der Waals surface area contributed by atoms with Crippen LogP contribution >= 0.6 is 11.3 Å². The molecule has 0 amide bonds. The second kappa shape index (κ2) is 7.21. The van der Waals surface area contributed by atoms with E-state index in [9.17, 15) is 16.8 Å². The topological polar surface area (TPSA) is 83.6 Å². The molecule has 1 aliphatic heterocycles. The SMILES string of the molecule is CCCS(=O)(=O)N1CCCc2ccc(NS(=O)(=O)c3ccc(C)s3)cc21. The van der Waals surface area contributed by atoms with Crippen molar-refractivity contribution in [2.45, 2.75) is 37.3 Å². The number of thiophene rings is 1. The van der Waals surface area contributed by atoms with Crippen LogP contribution in [-0.2, 0) is 26.5 Å². The van der Waals surface area contributed by atoms with Crippen molar-refractivity contribution in [1.29, 1.82) is 0 Å². The first-order chi connectivity index (χ1) is 12.2. The third-order valence-electron chi connectivity index (χ3n) is 4.19. The molecule has 1 aromatic heterocycles. The van der Waals surface area contributed by atoms with Crippen molar-refractivity contribution < 1.29 is 16.8 Å². The number of hydrogen-bond acceptors (Lipinski definition) is 5. The minimum Gasteiger partial charge on any atom is -0.279 e. The van der Waals surface area contributed by atoms with Gasteiger partial charge in [0.15, 0.2) is 0 Å². The van der Waals surface area contributed by atoms with Crippen LogP contribution in [0.5, 0.6) is 0 Å². The van der Waals surface area contributed by atoms with Gasteiger partial charge in [0, 0.05) is 11.4 Å². The Morgan fingerprint density at radius 3 is 2.58 bits per heavy atom. The molecular formula is C17H22N2O4S3. The van der Waals surface area contributed by atoms with Crippen LogP contribution in [0.2, 0.25) is 0 Å². The van der Waals surface area contributed by atoms with Gasteiger partial charge in [0.1, 0.15) is 4.21 Å². The van der Waals surface area contributed by atoms with Gasteiger partial charge in [-0.2, -0.15) is 0 Å². The molecule has 0 unspecified atom stereocenters. The highest BCUT2D eigenvalue weighted by atomic mass is 32.2. The molecule has 26 heavy (non-hydrogen) atoms. The maximum absolute atomic E-state index is 12.6. The molecule has 2 heterocycles. The quantitative estimate of drug-likeness (QED) is 0.786. The van der Waals surface area contributed by atoms with Gasteiger partial charge in [0.25, 0.3) is 10.0 Å². The van der Waals surface area contributed by atoms with E-state index in [-0.39, 0.29) is 9.96 Å². The molecule has 0 radical (unpaired) electrons. The van der Waals surface area contributed by atoms with E-state index in [1.165, 1.54) is 15.6 Å². The number of fused-ring (bicyclic) bond motifs is 1. The van der Waals surface area contributed by atoms with Gasteiger partial charge in [0.05, 0.1) is 17.1 Å². The summed E-state index contributed by atoms with van der Waals surface area (Å²) in [5.41, 5.74) is 1.87. The van der Waals surface area contributed by atoms with E-state index in [4.69, 9.17) is 0 Å². The number of nitrogens with one attached hydrogen (secondary N) is 1. The van der Waals surface area contributed by atoms with Gasteiger partial charge in [-0.25, -0.2) is 16.8 Å². The summed E-state index contributed by atoms with van der Waals surface area (Å²) in [6.45, 7) is 4.10. The second-order valence-electron chi connectivity index (χ2n) is 6.31. The minimum absolute atomic E-state index is 0.0802. The molecule has 0 spiro atoms. The lowest BCUT2D eigenvalue weighted by Gasteiger charge is -2.31. The Morgan fingerprint density at radius 1 is 1.15 bits per heavy atom. The van der Waals surface area contributed by atoms with Crippen molar-refractivity contribution in [1.82, 2.24) is 0 Å². The number of anilines is 2. The Morgan fingerprint density at radius 2 is 1.92 bits per heavy atom. The molecule has 0 fully saturated rings. The predicted molar refractivity (Wildman–Crippen MR) is 106 cm³/mol. The van der Waals surface area contributed by atoms with Gasteiger partial charge >= 0.3 is 0 Å². The molecule has 0 atom stereocenters. The summed E-state index contributed by atoms with van der Waals surface area (Å²) in [7, 11) is -7.08. The smallest absolute Gasteiger partial charge is 0.271 e. The van der Waals surface area contributed by atoms with Crippen molar-refractivity contribution >= 4 is 42.8 Å². The Kier molecular flexibility index (Phi) is 5.32.